The van der Waals surface area contributed by atoms with Crippen molar-refractivity contribution >= 4 is 35.6 Å². The van der Waals surface area contributed by atoms with Crippen LogP contribution in [0, 0.1) is 24.7 Å². The molecule has 0 spiro atoms. The van der Waals surface area contributed by atoms with E-state index in [0.717, 1.165) is 52.1 Å². The molecule has 16 heteroatoms. The Morgan fingerprint density at radius 1 is 0.857 bits per heavy atom. The number of aryl methyl sites for hydroxylation is 1. The minimum absolute atomic E-state index is 0.0460. The average molecular weight is 884 g/mol. The van der Waals surface area contributed by atoms with Gasteiger partial charge in [-0.15, -0.1) is 5.92 Å². The lowest BCUT2D eigenvalue weighted by Gasteiger charge is -2.32. The topological polar surface area (TPSA) is 224 Å². The highest BCUT2D eigenvalue weighted by molar-refractivity contribution is 5.96. The second kappa shape index (κ2) is 30.4. The van der Waals surface area contributed by atoms with Crippen molar-refractivity contribution in [1.82, 2.24) is 5.32 Å². The maximum Gasteiger partial charge on any atom is 0.519 e. The van der Waals surface area contributed by atoms with Crippen molar-refractivity contribution in [1.29, 1.82) is 0 Å². The quantitative estimate of drug-likeness (QED) is 0.0269. The highest BCUT2D eigenvalue weighted by atomic mass is 16.6. The maximum absolute atomic E-state index is 14.4. The number of rotatable bonds is 32. The number of methoxy groups -OCH3 is 1. The second-order valence-electron chi connectivity index (χ2n) is 15.1. The van der Waals surface area contributed by atoms with Crippen molar-refractivity contribution in [2.24, 2.45) is 5.92 Å². The summed E-state index contributed by atoms with van der Waals surface area (Å²) in [4.78, 5) is 90.8. The molecule has 63 heavy (non-hydrogen) atoms. The number of nitrogens with one attached hydrogen (secondary N) is 1. The van der Waals surface area contributed by atoms with E-state index in [2.05, 4.69) is 28.8 Å². The standard InChI is InChI=1S/C47H65NO15/c1-6-9-12-15-18-21-36(49)22-19-16-13-14-17-20-23-38(47(56,45(54)59-29-11-8-3)31-41(50)60-32-40-34(4)62-46(55)63-40)43(52)48-39(44(53)61-33-42(51)57-5)30-35-24-26-37(27-25-35)58-28-10-7-2/h20,23-27,38-39,56H,6,8-9,11-19,21-22,28-33H2,1-5H3,(H,48,52)/b23-20+/t38-,39+,47+/m1/s1. The molecule has 348 valence electrons. The van der Waals surface area contributed by atoms with Crippen molar-refractivity contribution in [2.45, 2.75) is 149 Å². The fourth-order valence-electron chi connectivity index (χ4n) is 6.24. The summed E-state index contributed by atoms with van der Waals surface area (Å²) in [7, 11) is 1.11. The Morgan fingerprint density at radius 3 is 2.14 bits per heavy atom. The third-order valence-corrected chi connectivity index (χ3v) is 9.97. The molecular weight excluding hydrogens is 819 g/mol. The number of ketones is 1. The minimum Gasteiger partial charge on any atom is -0.481 e. The Bertz CT molecular complexity index is 1880. The zero-order valence-electron chi connectivity index (χ0n) is 37.4. The first kappa shape index (κ1) is 53.4. The lowest BCUT2D eigenvalue weighted by atomic mass is 9.82. The highest BCUT2D eigenvalue weighted by Crippen LogP contribution is 2.28. The smallest absolute Gasteiger partial charge is 0.481 e. The molecule has 1 heterocycles. The summed E-state index contributed by atoms with van der Waals surface area (Å²) >= 11 is 0. The number of unbranched alkanes of at least 4 members (excludes halogenated alkanes) is 9. The zero-order valence-corrected chi connectivity index (χ0v) is 37.4. The third kappa shape index (κ3) is 20.8. The van der Waals surface area contributed by atoms with Crippen LogP contribution in [0.4, 0.5) is 0 Å². The number of hydrogen-bond donors (Lipinski definition) is 2. The molecule has 0 fully saturated rings. The van der Waals surface area contributed by atoms with E-state index in [1.165, 1.54) is 19.4 Å². The molecular formula is C47H65NO15. The van der Waals surface area contributed by atoms with Gasteiger partial charge in [-0.3, -0.25) is 14.4 Å². The van der Waals surface area contributed by atoms with Crippen LogP contribution in [0.1, 0.15) is 134 Å². The van der Waals surface area contributed by atoms with E-state index in [4.69, 9.17) is 27.8 Å². The van der Waals surface area contributed by atoms with Gasteiger partial charge in [0.1, 0.15) is 24.2 Å². The fraction of sp³-hybridized carbons (Fsp3) is 0.596. The van der Waals surface area contributed by atoms with Crippen molar-refractivity contribution < 1.29 is 66.4 Å². The van der Waals surface area contributed by atoms with Crippen LogP contribution in [-0.2, 0) is 60.7 Å². The second-order valence-corrected chi connectivity index (χ2v) is 15.1. The number of esters is 4. The molecule has 1 aromatic heterocycles. The summed E-state index contributed by atoms with van der Waals surface area (Å²) in [5.74, 6) is -2.06. The van der Waals surface area contributed by atoms with Gasteiger partial charge in [0.2, 0.25) is 5.91 Å². The highest BCUT2D eigenvalue weighted by Gasteiger charge is 2.50. The molecule has 2 N–H and O–H groups in total. The number of benzene rings is 1. The van der Waals surface area contributed by atoms with Gasteiger partial charge in [-0.1, -0.05) is 89.0 Å². The lowest BCUT2D eigenvalue weighted by molar-refractivity contribution is -0.179. The number of aliphatic hydroxyl groups is 1. The van der Waals surface area contributed by atoms with Crippen LogP contribution in [0.5, 0.6) is 5.75 Å². The molecule has 0 radical (unpaired) electrons. The third-order valence-electron chi connectivity index (χ3n) is 9.97. The number of Topliss-reactive ketones (excluding diaryl/α,β-unsaturated/α-hetero) is 1. The first-order valence-corrected chi connectivity index (χ1v) is 21.8. The summed E-state index contributed by atoms with van der Waals surface area (Å²) in [5.41, 5.74) is -2.35. The molecule has 0 saturated carbocycles. The number of carbonyl (C=O) groups is 6. The first-order valence-electron chi connectivity index (χ1n) is 21.8. The fourth-order valence-corrected chi connectivity index (χ4v) is 6.24. The van der Waals surface area contributed by atoms with Gasteiger partial charge < -0.3 is 42.9 Å². The van der Waals surface area contributed by atoms with Crippen LogP contribution < -0.4 is 15.9 Å². The Hall–Kier alpha value is -5.69. The predicted molar refractivity (Wildman–Crippen MR) is 230 cm³/mol. The molecule has 0 aliphatic rings. The number of amides is 1. The molecule has 0 saturated heterocycles. The van der Waals surface area contributed by atoms with Crippen molar-refractivity contribution in [3.05, 3.63) is 64.1 Å². The van der Waals surface area contributed by atoms with Crippen LogP contribution in [0.15, 0.2) is 50.0 Å². The summed E-state index contributed by atoms with van der Waals surface area (Å²) < 4.78 is 35.7. The number of allylic oxidation sites excluding steroid dienone is 1. The van der Waals surface area contributed by atoms with E-state index >= 15 is 0 Å². The molecule has 0 bridgehead atoms. The summed E-state index contributed by atoms with van der Waals surface area (Å²) in [6.07, 6.45) is 12.5. The number of ether oxygens (including phenoxy) is 5. The summed E-state index contributed by atoms with van der Waals surface area (Å²) in [5, 5.41) is 14.8. The Morgan fingerprint density at radius 2 is 1.52 bits per heavy atom. The molecule has 0 unspecified atom stereocenters. The summed E-state index contributed by atoms with van der Waals surface area (Å²) in [6.45, 7) is 5.75. The van der Waals surface area contributed by atoms with Gasteiger partial charge in [0, 0.05) is 19.3 Å². The monoisotopic (exact) mass is 883 g/mol. The summed E-state index contributed by atoms with van der Waals surface area (Å²) in [6, 6.07) is 5.08. The van der Waals surface area contributed by atoms with Crippen LogP contribution in [0.2, 0.25) is 0 Å². The Balaban J connectivity index is 2.40. The van der Waals surface area contributed by atoms with Crippen molar-refractivity contribution in [3.63, 3.8) is 0 Å². The van der Waals surface area contributed by atoms with Gasteiger partial charge in [-0.25, -0.2) is 19.2 Å². The number of hydrogen-bond acceptors (Lipinski definition) is 15. The average Bonchev–Trinajstić information content (AvgIpc) is 3.59. The normalized spacial score (nSPS) is 12.9. The van der Waals surface area contributed by atoms with Crippen LogP contribution in [0.25, 0.3) is 0 Å². The van der Waals surface area contributed by atoms with E-state index in [1.807, 2.05) is 6.92 Å². The molecule has 0 aliphatic heterocycles. The van der Waals surface area contributed by atoms with E-state index < -0.39 is 72.8 Å². The minimum atomic E-state index is -2.88. The Kier molecular flexibility index (Phi) is 25.8. The SMILES string of the molecule is CC#CCOc1ccc(C[C@H](NC(=O)[C@@H](/C=C/CCCCCCC(=O)CCCCCCC)[C@@](O)(CC(=O)OCc2oc(=O)oc2C)C(=O)OCCCC)C(=O)OCC(=O)OC)cc1. The van der Waals surface area contributed by atoms with Gasteiger partial charge in [-0.05, 0) is 63.6 Å². The predicted octanol–water partition coefficient (Wildman–Crippen LogP) is 6.34. The largest absolute Gasteiger partial charge is 0.519 e. The van der Waals surface area contributed by atoms with Gasteiger partial charge in [0.15, 0.2) is 30.3 Å². The van der Waals surface area contributed by atoms with Crippen molar-refractivity contribution in [2.75, 3.05) is 26.9 Å². The molecule has 1 amide bonds. The maximum atomic E-state index is 14.4. The van der Waals surface area contributed by atoms with Crippen LogP contribution >= 0.6 is 0 Å². The lowest BCUT2D eigenvalue weighted by Crippen LogP contribution is -2.56. The van der Waals surface area contributed by atoms with Crippen molar-refractivity contribution in [3.8, 4) is 17.6 Å². The molecule has 0 aliphatic carbocycles. The number of carbonyl (C=O) groups excluding carboxylic acids is 6. The van der Waals surface area contributed by atoms with E-state index in [9.17, 15) is 38.7 Å². The molecule has 3 atom stereocenters. The van der Waals surface area contributed by atoms with Gasteiger partial charge in [0.25, 0.3) is 0 Å². The molecule has 2 aromatic rings. The molecule has 16 nitrogen and oxygen atoms in total. The Labute approximate surface area is 369 Å². The van der Waals surface area contributed by atoms with Crippen LogP contribution in [0.3, 0.4) is 0 Å². The van der Waals surface area contributed by atoms with Gasteiger partial charge >= 0.3 is 29.7 Å². The van der Waals surface area contributed by atoms with Gasteiger partial charge in [0.05, 0.1) is 26.1 Å². The molecule has 1 aromatic carbocycles. The van der Waals surface area contributed by atoms with E-state index in [-0.39, 0.29) is 36.9 Å². The molecule has 2 rings (SSSR count). The first-order chi connectivity index (χ1) is 30.3. The van der Waals surface area contributed by atoms with Gasteiger partial charge in [-0.2, -0.15) is 0 Å². The van der Waals surface area contributed by atoms with Crippen LogP contribution in [-0.4, -0.2) is 79.2 Å². The van der Waals surface area contributed by atoms with E-state index in [1.54, 1.807) is 37.3 Å². The van der Waals surface area contributed by atoms with E-state index in [0.29, 0.717) is 49.8 Å². The zero-order chi connectivity index (χ0) is 46.5.